The first-order valence-corrected chi connectivity index (χ1v) is 4.62. The van der Waals surface area contributed by atoms with Crippen molar-refractivity contribution in [1.82, 2.24) is 15.1 Å². The molecule has 1 saturated heterocycles. The fourth-order valence-corrected chi connectivity index (χ4v) is 1.59. The zero-order chi connectivity index (χ0) is 11.0. The van der Waals surface area contributed by atoms with E-state index < -0.39 is 5.97 Å². The van der Waals surface area contributed by atoms with Crippen LogP contribution in [0.1, 0.15) is 29.0 Å². The van der Waals surface area contributed by atoms with Gasteiger partial charge in [0.1, 0.15) is 0 Å². The molecule has 6 heteroatoms. The number of nitrogens with zero attached hydrogens (tertiary/aromatic N) is 2. The normalized spacial score (nSPS) is 16.2. The second-order valence-corrected chi connectivity index (χ2v) is 3.63. The minimum Gasteiger partial charge on any atom is -0.476 e. The van der Waals surface area contributed by atoms with Gasteiger partial charge in [-0.3, -0.25) is 9.89 Å². The molecule has 2 N–H and O–H groups in total. The predicted octanol–water partition coefficient (Wildman–Crippen LogP) is 0.0536. The van der Waals surface area contributed by atoms with Crippen LogP contribution in [-0.4, -0.2) is 45.2 Å². The fourth-order valence-electron chi connectivity index (χ4n) is 1.59. The third kappa shape index (κ3) is 1.70. The highest BCUT2D eigenvalue weighted by Crippen LogP contribution is 2.25. The Hall–Kier alpha value is -1.85. The van der Waals surface area contributed by atoms with E-state index in [-0.39, 0.29) is 17.5 Å². The van der Waals surface area contributed by atoms with Crippen LogP contribution in [0.2, 0.25) is 0 Å². The molecule has 1 aliphatic heterocycles. The molecule has 0 saturated carbocycles. The Morgan fingerprint density at radius 1 is 1.60 bits per heavy atom. The van der Waals surface area contributed by atoms with Gasteiger partial charge in [-0.15, -0.1) is 0 Å². The van der Waals surface area contributed by atoms with Crippen molar-refractivity contribution in [3.05, 3.63) is 17.5 Å². The SMILES string of the molecule is CC(=O)N1CC(c2cc(C(=O)O)n[nH]2)C1. The summed E-state index contributed by atoms with van der Waals surface area (Å²) < 4.78 is 0. The molecular formula is C9H11N3O3. The number of likely N-dealkylation sites (tertiary alicyclic amines) is 1. The number of hydrogen-bond donors (Lipinski definition) is 2. The number of rotatable bonds is 2. The van der Waals surface area contributed by atoms with Crippen molar-refractivity contribution in [2.75, 3.05) is 13.1 Å². The summed E-state index contributed by atoms with van der Waals surface area (Å²) in [6.07, 6.45) is 0. The van der Waals surface area contributed by atoms with Crippen molar-refractivity contribution < 1.29 is 14.7 Å². The highest BCUT2D eigenvalue weighted by atomic mass is 16.4. The van der Waals surface area contributed by atoms with Crippen molar-refractivity contribution in [3.63, 3.8) is 0 Å². The predicted molar refractivity (Wildman–Crippen MR) is 50.5 cm³/mol. The van der Waals surface area contributed by atoms with Crippen molar-refractivity contribution in [2.45, 2.75) is 12.8 Å². The van der Waals surface area contributed by atoms with Gasteiger partial charge in [0.15, 0.2) is 5.69 Å². The number of carbonyl (C=O) groups is 2. The number of aromatic amines is 1. The topological polar surface area (TPSA) is 86.3 Å². The maximum Gasteiger partial charge on any atom is 0.356 e. The standard InChI is InChI=1S/C9H11N3O3/c1-5(13)12-3-6(4-12)7-2-8(9(14)15)11-10-7/h2,6H,3-4H2,1H3,(H,10,11)(H,14,15). The first kappa shape index (κ1) is 9.70. The van der Waals surface area contributed by atoms with Gasteiger partial charge in [0, 0.05) is 31.6 Å². The molecule has 1 fully saturated rings. The third-order valence-electron chi connectivity index (χ3n) is 2.58. The van der Waals surface area contributed by atoms with Gasteiger partial charge in [0.05, 0.1) is 0 Å². The highest BCUT2D eigenvalue weighted by Gasteiger charge is 2.31. The fraction of sp³-hybridized carbons (Fsp3) is 0.444. The van der Waals surface area contributed by atoms with Gasteiger partial charge in [0.25, 0.3) is 0 Å². The quantitative estimate of drug-likeness (QED) is 0.720. The van der Waals surface area contributed by atoms with E-state index in [9.17, 15) is 9.59 Å². The van der Waals surface area contributed by atoms with E-state index in [0.717, 1.165) is 5.69 Å². The summed E-state index contributed by atoms with van der Waals surface area (Å²) in [5.41, 5.74) is 0.802. The van der Waals surface area contributed by atoms with E-state index in [1.54, 1.807) is 4.90 Å². The molecular weight excluding hydrogens is 198 g/mol. The maximum absolute atomic E-state index is 10.9. The van der Waals surface area contributed by atoms with Crippen LogP contribution in [0, 0.1) is 0 Å². The molecule has 6 nitrogen and oxygen atoms in total. The molecule has 15 heavy (non-hydrogen) atoms. The average molecular weight is 209 g/mol. The van der Waals surface area contributed by atoms with E-state index >= 15 is 0 Å². The summed E-state index contributed by atoms with van der Waals surface area (Å²) in [5, 5.41) is 15.0. The van der Waals surface area contributed by atoms with Gasteiger partial charge >= 0.3 is 5.97 Å². The van der Waals surface area contributed by atoms with Crippen LogP contribution in [0.25, 0.3) is 0 Å². The van der Waals surface area contributed by atoms with E-state index in [4.69, 9.17) is 5.11 Å². The monoisotopic (exact) mass is 209 g/mol. The number of nitrogens with one attached hydrogen (secondary N) is 1. The van der Waals surface area contributed by atoms with Crippen LogP contribution in [0.15, 0.2) is 6.07 Å². The molecule has 0 spiro atoms. The minimum atomic E-state index is -1.04. The molecule has 2 heterocycles. The largest absolute Gasteiger partial charge is 0.476 e. The molecule has 0 unspecified atom stereocenters. The van der Waals surface area contributed by atoms with Crippen LogP contribution in [0.3, 0.4) is 0 Å². The summed E-state index contributed by atoms with van der Waals surface area (Å²) in [5.74, 6) is -0.807. The van der Waals surface area contributed by atoms with Crippen LogP contribution < -0.4 is 0 Å². The summed E-state index contributed by atoms with van der Waals surface area (Å²) in [6, 6.07) is 1.52. The zero-order valence-corrected chi connectivity index (χ0v) is 8.23. The molecule has 0 atom stereocenters. The highest BCUT2D eigenvalue weighted by molar-refractivity contribution is 5.85. The number of hydrogen-bond acceptors (Lipinski definition) is 3. The molecule has 1 aromatic rings. The van der Waals surface area contributed by atoms with Gasteiger partial charge in [-0.25, -0.2) is 4.79 Å². The lowest BCUT2D eigenvalue weighted by molar-refractivity contribution is -0.133. The molecule has 0 aromatic carbocycles. The lowest BCUT2D eigenvalue weighted by atomic mass is 9.96. The number of carboxylic acids is 1. The van der Waals surface area contributed by atoms with Crippen molar-refractivity contribution >= 4 is 11.9 Å². The van der Waals surface area contributed by atoms with Crippen molar-refractivity contribution in [3.8, 4) is 0 Å². The van der Waals surface area contributed by atoms with Crippen LogP contribution >= 0.6 is 0 Å². The van der Waals surface area contributed by atoms with E-state index in [1.165, 1.54) is 13.0 Å². The molecule has 0 bridgehead atoms. The Labute approximate surface area is 85.9 Å². The maximum atomic E-state index is 10.9. The summed E-state index contributed by atoms with van der Waals surface area (Å²) >= 11 is 0. The van der Waals surface area contributed by atoms with Gasteiger partial charge in [-0.05, 0) is 6.07 Å². The second kappa shape index (κ2) is 3.38. The number of H-pyrrole nitrogens is 1. The molecule has 2 rings (SSSR count). The van der Waals surface area contributed by atoms with Crippen molar-refractivity contribution in [1.29, 1.82) is 0 Å². The van der Waals surface area contributed by atoms with Crippen LogP contribution in [0.4, 0.5) is 0 Å². The number of amides is 1. The summed E-state index contributed by atoms with van der Waals surface area (Å²) in [4.78, 5) is 23.2. The lowest BCUT2D eigenvalue weighted by Gasteiger charge is -2.37. The molecule has 1 amide bonds. The van der Waals surface area contributed by atoms with Gasteiger partial charge in [-0.1, -0.05) is 0 Å². The Bertz CT molecular complexity index is 406. The van der Waals surface area contributed by atoms with E-state index in [0.29, 0.717) is 13.1 Å². The van der Waals surface area contributed by atoms with Crippen LogP contribution in [0.5, 0.6) is 0 Å². The Kier molecular flexibility index (Phi) is 2.18. The third-order valence-corrected chi connectivity index (χ3v) is 2.58. The first-order chi connectivity index (χ1) is 7.08. The average Bonchev–Trinajstić information content (AvgIpc) is 2.49. The van der Waals surface area contributed by atoms with E-state index in [2.05, 4.69) is 10.2 Å². The Morgan fingerprint density at radius 2 is 2.27 bits per heavy atom. The smallest absolute Gasteiger partial charge is 0.356 e. The van der Waals surface area contributed by atoms with Crippen LogP contribution in [-0.2, 0) is 4.79 Å². The molecule has 80 valence electrons. The number of carboxylic acid groups (broad SMARTS) is 1. The number of aromatic nitrogens is 2. The minimum absolute atomic E-state index is 0.0197. The number of aromatic carboxylic acids is 1. The number of carbonyl (C=O) groups excluding carboxylic acids is 1. The molecule has 1 aromatic heterocycles. The van der Waals surface area contributed by atoms with Crippen molar-refractivity contribution in [2.24, 2.45) is 0 Å². The Balaban J connectivity index is 2.01. The van der Waals surface area contributed by atoms with Gasteiger partial charge in [-0.2, -0.15) is 5.10 Å². The first-order valence-electron chi connectivity index (χ1n) is 4.62. The van der Waals surface area contributed by atoms with Gasteiger partial charge < -0.3 is 10.0 Å². The molecule has 0 radical (unpaired) electrons. The Morgan fingerprint density at radius 3 is 2.73 bits per heavy atom. The summed E-state index contributed by atoms with van der Waals surface area (Å²) in [7, 11) is 0. The zero-order valence-electron chi connectivity index (χ0n) is 8.23. The molecule has 0 aliphatic carbocycles. The second-order valence-electron chi connectivity index (χ2n) is 3.63. The lowest BCUT2D eigenvalue weighted by Crippen LogP contribution is -2.47. The van der Waals surface area contributed by atoms with E-state index in [1.807, 2.05) is 0 Å². The van der Waals surface area contributed by atoms with Gasteiger partial charge in [0.2, 0.25) is 5.91 Å². The molecule has 1 aliphatic rings. The summed E-state index contributed by atoms with van der Waals surface area (Å²) in [6.45, 7) is 2.79.